The van der Waals surface area contributed by atoms with E-state index in [9.17, 15) is 0 Å². The Morgan fingerprint density at radius 1 is 1.38 bits per heavy atom. The predicted molar refractivity (Wildman–Crippen MR) is 35.6 cm³/mol. The zero-order valence-corrected chi connectivity index (χ0v) is 5.42. The molecule has 0 fully saturated rings. The molecule has 0 aromatic heterocycles. The quantitative estimate of drug-likeness (QED) is 0.401. The van der Waals surface area contributed by atoms with Gasteiger partial charge in [-0.15, -0.1) is 0 Å². The van der Waals surface area contributed by atoms with E-state index in [4.69, 9.17) is 4.74 Å². The highest BCUT2D eigenvalue weighted by atomic mass is 16.5. The third-order valence-electron chi connectivity index (χ3n) is 0.645. The van der Waals surface area contributed by atoms with Gasteiger partial charge in [0.1, 0.15) is 0 Å². The van der Waals surface area contributed by atoms with Crippen LogP contribution in [0.5, 0.6) is 0 Å². The van der Waals surface area contributed by atoms with Crippen LogP contribution in [0.15, 0.2) is 24.5 Å². The Morgan fingerprint density at radius 2 is 2.12 bits per heavy atom. The van der Waals surface area contributed by atoms with Crippen LogP contribution in [-0.2, 0) is 4.74 Å². The molecule has 0 atom stereocenters. The third-order valence-corrected chi connectivity index (χ3v) is 0.645. The molecule has 0 aromatic rings. The third kappa shape index (κ3) is 5.28. The zero-order chi connectivity index (χ0) is 6.24. The van der Waals surface area contributed by atoms with Gasteiger partial charge in [0.15, 0.2) is 0 Å². The van der Waals surface area contributed by atoms with Crippen molar-refractivity contribution in [2.75, 3.05) is 6.61 Å². The van der Waals surface area contributed by atoms with Crippen molar-refractivity contribution in [3.05, 3.63) is 24.5 Å². The number of allylic oxidation sites excluding steroid dienone is 3. The van der Waals surface area contributed by atoms with Gasteiger partial charge >= 0.3 is 0 Å². The van der Waals surface area contributed by atoms with Crippen LogP contribution in [0, 0.1) is 0 Å². The molecule has 0 saturated heterocycles. The summed E-state index contributed by atoms with van der Waals surface area (Å²) >= 11 is 0. The summed E-state index contributed by atoms with van der Waals surface area (Å²) in [5.41, 5.74) is 0. The van der Waals surface area contributed by atoms with Crippen molar-refractivity contribution in [3.63, 3.8) is 0 Å². The van der Waals surface area contributed by atoms with Crippen LogP contribution < -0.4 is 0 Å². The summed E-state index contributed by atoms with van der Waals surface area (Å²) in [5.74, 6) is 0. The largest absolute Gasteiger partial charge is 0.501 e. The smallest absolute Gasteiger partial charge is 0.0845 e. The van der Waals surface area contributed by atoms with Crippen LogP contribution in [0.3, 0.4) is 0 Å². The van der Waals surface area contributed by atoms with Gasteiger partial charge in [-0.05, 0) is 19.9 Å². The summed E-state index contributed by atoms with van der Waals surface area (Å²) in [6, 6.07) is 0. The molecule has 0 aliphatic rings. The maximum Gasteiger partial charge on any atom is 0.0845 e. The Morgan fingerprint density at radius 3 is 2.62 bits per heavy atom. The molecule has 0 saturated carbocycles. The predicted octanol–water partition coefficient (Wildman–Crippen LogP) is 2.11. The van der Waals surface area contributed by atoms with Crippen molar-refractivity contribution >= 4 is 0 Å². The minimum Gasteiger partial charge on any atom is -0.501 e. The monoisotopic (exact) mass is 112 g/mol. The lowest BCUT2D eigenvalue weighted by Crippen LogP contribution is -1.74. The first-order valence-electron chi connectivity index (χ1n) is 2.81. The molecule has 0 amide bonds. The number of ether oxygens (including phenoxy) is 1. The van der Waals surface area contributed by atoms with Gasteiger partial charge in [0, 0.05) is 0 Å². The first-order valence-corrected chi connectivity index (χ1v) is 2.81. The van der Waals surface area contributed by atoms with Crippen molar-refractivity contribution in [3.8, 4) is 0 Å². The van der Waals surface area contributed by atoms with Crippen LogP contribution in [0.4, 0.5) is 0 Å². The van der Waals surface area contributed by atoms with Crippen LogP contribution in [-0.4, -0.2) is 6.61 Å². The topological polar surface area (TPSA) is 9.23 Å². The molecule has 8 heavy (non-hydrogen) atoms. The molecule has 0 radical (unpaired) electrons. The SMILES string of the molecule is CC=CC=COCC. The Kier molecular flexibility index (Phi) is 5.71. The summed E-state index contributed by atoms with van der Waals surface area (Å²) in [4.78, 5) is 0. The van der Waals surface area contributed by atoms with E-state index in [2.05, 4.69) is 0 Å². The molecular weight excluding hydrogens is 100 g/mol. The highest BCUT2D eigenvalue weighted by molar-refractivity contribution is 4.97. The van der Waals surface area contributed by atoms with E-state index >= 15 is 0 Å². The van der Waals surface area contributed by atoms with Crippen LogP contribution in [0.25, 0.3) is 0 Å². The number of rotatable bonds is 3. The first kappa shape index (κ1) is 7.28. The van der Waals surface area contributed by atoms with E-state index in [1.54, 1.807) is 6.26 Å². The van der Waals surface area contributed by atoms with Gasteiger partial charge in [-0.25, -0.2) is 0 Å². The summed E-state index contributed by atoms with van der Waals surface area (Å²) in [7, 11) is 0. The molecule has 0 spiro atoms. The minimum absolute atomic E-state index is 0.744. The van der Waals surface area contributed by atoms with Gasteiger partial charge in [0.25, 0.3) is 0 Å². The van der Waals surface area contributed by atoms with E-state index in [1.165, 1.54) is 0 Å². The molecular formula is C7H12O. The lowest BCUT2D eigenvalue weighted by Gasteiger charge is -1.87. The summed E-state index contributed by atoms with van der Waals surface area (Å²) < 4.78 is 4.90. The summed E-state index contributed by atoms with van der Waals surface area (Å²) in [6.07, 6.45) is 7.43. The van der Waals surface area contributed by atoms with Crippen molar-refractivity contribution in [1.82, 2.24) is 0 Å². The molecule has 46 valence electrons. The van der Waals surface area contributed by atoms with Gasteiger partial charge in [-0.3, -0.25) is 0 Å². The highest BCUT2D eigenvalue weighted by Gasteiger charge is 1.63. The van der Waals surface area contributed by atoms with Crippen LogP contribution in [0.1, 0.15) is 13.8 Å². The van der Waals surface area contributed by atoms with Gasteiger partial charge in [-0.1, -0.05) is 12.2 Å². The van der Waals surface area contributed by atoms with Crippen molar-refractivity contribution in [1.29, 1.82) is 0 Å². The summed E-state index contributed by atoms with van der Waals surface area (Å²) in [5, 5.41) is 0. The van der Waals surface area contributed by atoms with Gasteiger partial charge in [0.05, 0.1) is 12.9 Å². The second-order valence-corrected chi connectivity index (χ2v) is 1.31. The Hall–Kier alpha value is -0.720. The van der Waals surface area contributed by atoms with E-state index < -0.39 is 0 Å². The first-order chi connectivity index (χ1) is 3.91. The molecule has 0 aliphatic heterocycles. The second-order valence-electron chi connectivity index (χ2n) is 1.31. The molecule has 1 nitrogen and oxygen atoms in total. The molecule has 0 heterocycles. The average molecular weight is 112 g/mol. The Balaban J connectivity index is 3.07. The highest BCUT2D eigenvalue weighted by Crippen LogP contribution is 1.77. The Labute approximate surface area is 50.7 Å². The molecule has 0 bridgehead atoms. The standard InChI is InChI=1S/C7H12O/c1-3-5-6-7-8-4-2/h3,5-7H,4H2,1-2H3. The average Bonchev–Trinajstić information content (AvgIpc) is 1.81. The fraction of sp³-hybridized carbons (Fsp3) is 0.429. The van der Waals surface area contributed by atoms with E-state index in [1.807, 2.05) is 32.1 Å². The maximum atomic E-state index is 4.90. The minimum atomic E-state index is 0.744. The van der Waals surface area contributed by atoms with E-state index in [0.29, 0.717) is 0 Å². The van der Waals surface area contributed by atoms with Crippen molar-refractivity contribution in [2.45, 2.75) is 13.8 Å². The molecule has 1 heteroatoms. The van der Waals surface area contributed by atoms with E-state index in [0.717, 1.165) is 6.61 Å². The zero-order valence-electron chi connectivity index (χ0n) is 5.42. The van der Waals surface area contributed by atoms with E-state index in [-0.39, 0.29) is 0 Å². The van der Waals surface area contributed by atoms with Gasteiger partial charge in [0.2, 0.25) is 0 Å². The molecule has 0 aromatic carbocycles. The normalized spacial score (nSPS) is 11.2. The second kappa shape index (κ2) is 6.28. The van der Waals surface area contributed by atoms with Crippen molar-refractivity contribution < 1.29 is 4.74 Å². The lowest BCUT2D eigenvalue weighted by atomic mass is 10.5. The molecule has 0 aliphatic carbocycles. The van der Waals surface area contributed by atoms with Crippen LogP contribution >= 0.6 is 0 Å². The maximum absolute atomic E-state index is 4.90. The van der Waals surface area contributed by atoms with Gasteiger partial charge in [-0.2, -0.15) is 0 Å². The molecule has 0 N–H and O–H groups in total. The fourth-order valence-corrected chi connectivity index (χ4v) is 0.308. The fourth-order valence-electron chi connectivity index (χ4n) is 0.308. The van der Waals surface area contributed by atoms with Gasteiger partial charge < -0.3 is 4.74 Å². The lowest BCUT2D eigenvalue weighted by molar-refractivity contribution is 0.269. The Bertz CT molecular complexity index is 82.4. The van der Waals surface area contributed by atoms with Crippen LogP contribution in [0.2, 0.25) is 0 Å². The molecule has 0 rings (SSSR count). The number of hydrogen-bond acceptors (Lipinski definition) is 1. The van der Waals surface area contributed by atoms with Crippen molar-refractivity contribution in [2.24, 2.45) is 0 Å². The molecule has 0 unspecified atom stereocenters. The summed E-state index contributed by atoms with van der Waals surface area (Å²) in [6.45, 7) is 4.67. The number of hydrogen-bond donors (Lipinski definition) is 0.